The largest absolute Gasteiger partial charge is 0.369 e. The third-order valence-corrected chi connectivity index (χ3v) is 2.77. The summed E-state index contributed by atoms with van der Waals surface area (Å²) >= 11 is 0. The molecule has 1 atom stereocenters. The first-order valence-electron chi connectivity index (χ1n) is 5.31. The summed E-state index contributed by atoms with van der Waals surface area (Å²) in [5.74, 6) is 0. The van der Waals surface area contributed by atoms with Crippen LogP contribution in [0, 0.1) is 6.92 Å². The summed E-state index contributed by atoms with van der Waals surface area (Å²) in [6, 6.07) is 9.40. The Labute approximate surface area is 85.9 Å². The second kappa shape index (κ2) is 4.01. The number of anilines is 1. The fourth-order valence-electron chi connectivity index (χ4n) is 1.92. The Morgan fingerprint density at radius 2 is 2.00 bits per heavy atom. The van der Waals surface area contributed by atoms with Crippen LogP contribution in [-0.4, -0.2) is 25.7 Å². The van der Waals surface area contributed by atoms with E-state index in [4.69, 9.17) is 0 Å². The molecule has 76 valence electrons. The minimum Gasteiger partial charge on any atom is -0.369 e. The van der Waals surface area contributed by atoms with Crippen LogP contribution >= 0.6 is 0 Å². The average Bonchev–Trinajstić information content (AvgIpc) is 2.19. The Kier molecular flexibility index (Phi) is 2.73. The lowest BCUT2D eigenvalue weighted by molar-refractivity contribution is 0.485. The van der Waals surface area contributed by atoms with Gasteiger partial charge >= 0.3 is 0 Å². The van der Waals surface area contributed by atoms with Crippen molar-refractivity contribution in [3.63, 3.8) is 0 Å². The Bertz CT molecular complexity index is 292. The minimum atomic E-state index is 0.602. The molecule has 0 bridgehead atoms. The Balaban J connectivity index is 2.10. The van der Waals surface area contributed by atoms with E-state index in [0.29, 0.717) is 6.04 Å². The highest BCUT2D eigenvalue weighted by Gasteiger charge is 2.15. The molecule has 1 aromatic rings. The van der Waals surface area contributed by atoms with Gasteiger partial charge in [-0.05, 0) is 26.0 Å². The first kappa shape index (κ1) is 9.53. The zero-order valence-corrected chi connectivity index (χ0v) is 8.96. The molecule has 1 fully saturated rings. The summed E-state index contributed by atoms with van der Waals surface area (Å²) in [4.78, 5) is 2.45. The Morgan fingerprint density at radius 3 is 2.64 bits per heavy atom. The van der Waals surface area contributed by atoms with E-state index in [1.807, 2.05) is 0 Å². The smallest absolute Gasteiger partial charge is 0.0367 e. The lowest BCUT2D eigenvalue weighted by Gasteiger charge is -2.33. The van der Waals surface area contributed by atoms with E-state index in [1.165, 1.54) is 11.3 Å². The number of benzene rings is 1. The number of hydrogen-bond acceptors (Lipinski definition) is 2. The molecule has 2 nitrogen and oxygen atoms in total. The van der Waals surface area contributed by atoms with Gasteiger partial charge in [0.15, 0.2) is 0 Å². The molecule has 0 spiro atoms. The van der Waals surface area contributed by atoms with Crippen LogP contribution in [0.1, 0.15) is 12.5 Å². The Hall–Kier alpha value is -1.02. The highest BCUT2D eigenvalue weighted by Crippen LogP contribution is 2.16. The SMILES string of the molecule is Cc1ccc(N2CCNC(C)C2)cc1. The van der Waals surface area contributed by atoms with Gasteiger partial charge in [0.2, 0.25) is 0 Å². The van der Waals surface area contributed by atoms with Gasteiger partial charge in [-0.25, -0.2) is 0 Å². The summed E-state index contributed by atoms with van der Waals surface area (Å²) in [6.07, 6.45) is 0. The maximum absolute atomic E-state index is 3.45. The van der Waals surface area contributed by atoms with Crippen molar-refractivity contribution in [3.05, 3.63) is 29.8 Å². The topological polar surface area (TPSA) is 15.3 Å². The minimum absolute atomic E-state index is 0.602. The van der Waals surface area contributed by atoms with Crippen LogP contribution in [0.15, 0.2) is 24.3 Å². The van der Waals surface area contributed by atoms with Crippen molar-refractivity contribution in [2.24, 2.45) is 0 Å². The lowest BCUT2D eigenvalue weighted by Crippen LogP contribution is -2.49. The van der Waals surface area contributed by atoms with Gasteiger partial charge in [0.05, 0.1) is 0 Å². The van der Waals surface area contributed by atoms with Crippen molar-refractivity contribution in [2.75, 3.05) is 24.5 Å². The van der Waals surface area contributed by atoms with Crippen molar-refractivity contribution in [3.8, 4) is 0 Å². The quantitative estimate of drug-likeness (QED) is 0.726. The van der Waals surface area contributed by atoms with Gasteiger partial charge in [-0.15, -0.1) is 0 Å². The predicted octanol–water partition coefficient (Wildman–Crippen LogP) is 1.79. The van der Waals surface area contributed by atoms with Gasteiger partial charge in [-0.1, -0.05) is 17.7 Å². The molecule has 2 heteroatoms. The Morgan fingerprint density at radius 1 is 1.29 bits per heavy atom. The molecule has 14 heavy (non-hydrogen) atoms. The molecule has 1 saturated heterocycles. The molecule has 0 aromatic heterocycles. The highest BCUT2D eigenvalue weighted by atomic mass is 15.2. The van der Waals surface area contributed by atoms with Crippen LogP contribution in [0.25, 0.3) is 0 Å². The second-order valence-electron chi connectivity index (χ2n) is 4.14. The predicted molar refractivity (Wildman–Crippen MR) is 60.9 cm³/mol. The van der Waals surface area contributed by atoms with E-state index in [9.17, 15) is 0 Å². The molecule has 0 saturated carbocycles. The van der Waals surface area contributed by atoms with Crippen molar-refractivity contribution in [1.29, 1.82) is 0 Å². The van der Waals surface area contributed by atoms with Crippen LogP contribution in [-0.2, 0) is 0 Å². The third kappa shape index (κ3) is 2.07. The van der Waals surface area contributed by atoms with Crippen LogP contribution in [0.2, 0.25) is 0 Å². The molecule has 2 rings (SSSR count). The third-order valence-electron chi connectivity index (χ3n) is 2.77. The van der Waals surface area contributed by atoms with Crippen LogP contribution in [0.3, 0.4) is 0 Å². The zero-order valence-electron chi connectivity index (χ0n) is 8.96. The number of hydrogen-bond donors (Lipinski definition) is 1. The second-order valence-corrected chi connectivity index (χ2v) is 4.14. The first-order chi connectivity index (χ1) is 6.75. The molecule has 1 aliphatic rings. The molecule has 1 aromatic carbocycles. The van der Waals surface area contributed by atoms with Gasteiger partial charge < -0.3 is 10.2 Å². The fraction of sp³-hybridized carbons (Fsp3) is 0.500. The van der Waals surface area contributed by atoms with Crippen LogP contribution < -0.4 is 10.2 Å². The van der Waals surface area contributed by atoms with Crippen molar-refractivity contribution in [1.82, 2.24) is 5.32 Å². The molecule has 0 radical (unpaired) electrons. The average molecular weight is 190 g/mol. The molecule has 1 unspecified atom stereocenters. The maximum atomic E-state index is 3.45. The van der Waals surface area contributed by atoms with Crippen LogP contribution in [0.5, 0.6) is 0 Å². The monoisotopic (exact) mass is 190 g/mol. The van der Waals surface area contributed by atoms with Gasteiger partial charge in [0, 0.05) is 31.4 Å². The lowest BCUT2D eigenvalue weighted by atomic mass is 10.1. The van der Waals surface area contributed by atoms with Crippen molar-refractivity contribution < 1.29 is 0 Å². The number of nitrogens with zero attached hydrogens (tertiary/aromatic N) is 1. The molecule has 1 N–H and O–H groups in total. The van der Waals surface area contributed by atoms with E-state index >= 15 is 0 Å². The van der Waals surface area contributed by atoms with Gasteiger partial charge in [0.1, 0.15) is 0 Å². The summed E-state index contributed by atoms with van der Waals surface area (Å²) in [5.41, 5.74) is 2.68. The summed E-state index contributed by atoms with van der Waals surface area (Å²) in [5, 5.41) is 3.45. The first-order valence-corrected chi connectivity index (χ1v) is 5.31. The molecular weight excluding hydrogens is 172 g/mol. The normalized spacial score (nSPS) is 22.4. The van der Waals surface area contributed by atoms with Gasteiger partial charge in [-0.2, -0.15) is 0 Å². The number of piperazine rings is 1. The number of nitrogens with one attached hydrogen (secondary N) is 1. The van der Waals surface area contributed by atoms with Gasteiger partial charge in [0.25, 0.3) is 0 Å². The van der Waals surface area contributed by atoms with E-state index in [2.05, 4.69) is 48.3 Å². The summed E-state index contributed by atoms with van der Waals surface area (Å²) in [7, 11) is 0. The van der Waals surface area contributed by atoms with Gasteiger partial charge in [-0.3, -0.25) is 0 Å². The highest BCUT2D eigenvalue weighted by molar-refractivity contribution is 5.48. The fourth-order valence-corrected chi connectivity index (χ4v) is 1.92. The van der Waals surface area contributed by atoms with E-state index in [0.717, 1.165) is 19.6 Å². The standard InChI is InChI=1S/C12H18N2/c1-10-3-5-12(6-4-10)14-8-7-13-11(2)9-14/h3-6,11,13H,7-9H2,1-2H3. The molecule has 1 heterocycles. The molecule has 1 aliphatic heterocycles. The molecular formula is C12H18N2. The zero-order chi connectivity index (χ0) is 9.97. The van der Waals surface area contributed by atoms with Crippen molar-refractivity contribution in [2.45, 2.75) is 19.9 Å². The van der Waals surface area contributed by atoms with Crippen molar-refractivity contribution >= 4 is 5.69 Å². The van der Waals surface area contributed by atoms with E-state index in [-0.39, 0.29) is 0 Å². The maximum Gasteiger partial charge on any atom is 0.0367 e. The number of rotatable bonds is 1. The summed E-state index contributed by atoms with van der Waals surface area (Å²) in [6.45, 7) is 7.69. The number of aryl methyl sites for hydroxylation is 1. The van der Waals surface area contributed by atoms with Crippen LogP contribution in [0.4, 0.5) is 5.69 Å². The summed E-state index contributed by atoms with van der Waals surface area (Å²) < 4.78 is 0. The molecule has 0 aliphatic carbocycles. The molecule has 0 amide bonds. The van der Waals surface area contributed by atoms with E-state index < -0.39 is 0 Å². The van der Waals surface area contributed by atoms with E-state index in [1.54, 1.807) is 0 Å².